The number of rotatable bonds is 4. The van der Waals surface area contributed by atoms with Crippen LogP contribution < -0.4 is 4.90 Å². The number of nitrogens with zero attached hydrogens (tertiary/aromatic N) is 5. The predicted octanol–water partition coefficient (Wildman–Crippen LogP) is 10.5. The number of hydrogen-bond donors (Lipinski definition) is 0. The standard InChI is InChI=1S/C45H27N5/c46-26-29-17-21-45-39(23-29)38-12-4-8-16-44(38)50(45)41-13-5-1-9-35(41)34-20-18-30(24-32(34)27-47)31-19-22-40(33(25-31)28-48)49-42-14-6-2-10-36(42)37-11-3-7-15-43(37)49/h1-25,39,45H. The van der Waals surface area contributed by atoms with Crippen molar-refractivity contribution in [3.63, 3.8) is 0 Å². The summed E-state index contributed by atoms with van der Waals surface area (Å²) in [6.07, 6.45) is 6.08. The number of fused-ring (bicyclic) bond motifs is 6. The minimum Gasteiger partial charge on any atom is -0.333 e. The normalized spacial score (nSPS) is 15.9. The number of anilines is 2. The van der Waals surface area contributed by atoms with Gasteiger partial charge in [0, 0.05) is 44.8 Å². The van der Waals surface area contributed by atoms with Crippen molar-refractivity contribution in [3.8, 4) is 46.1 Å². The third-order valence-electron chi connectivity index (χ3n) is 10.0. The van der Waals surface area contributed by atoms with Gasteiger partial charge in [-0.3, -0.25) is 0 Å². The zero-order chi connectivity index (χ0) is 33.8. The highest BCUT2D eigenvalue weighted by Crippen LogP contribution is 2.50. The van der Waals surface area contributed by atoms with E-state index in [9.17, 15) is 15.8 Å². The van der Waals surface area contributed by atoms with Crippen molar-refractivity contribution in [2.45, 2.75) is 12.0 Å². The first-order valence-electron chi connectivity index (χ1n) is 16.5. The summed E-state index contributed by atoms with van der Waals surface area (Å²) in [5.74, 6) is 0.0524. The van der Waals surface area contributed by atoms with Crippen LogP contribution in [0.15, 0.2) is 157 Å². The van der Waals surface area contributed by atoms with Gasteiger partial charge in [-0.2, -0.15) is 15.8 Å². The van der Waals surface area contributed by atoms with E-state index in [2.05, 4.69) is 88.4 Å². The molecule has 5 heteroatoms. The van der Waals surface area contributed by atoms with Gasteiger partial charge in [-0.05, 0) is 65.2 Å². The molecule has 232 valence electrons. The van der Waals surface area contributed by atoms with Crippen LogP contribution in [0.3, 0.4) is 0 Å². The van der Waals surface area contributed by atoms with Crippen LogP contribution >= 0.6 is 0 Å². The van der Waals surface area contributed by atoms with E-state index >= 15 is 0 Å². The summed E-state index contributed by atoms with van der Waals surface area (Å²) in [6, 6.07) is 52.3. The third-order valence-corrected chi connectivity index (χ3v) is 10.0. The largest absolute Gasteiger partial charge is 0.333 e. The maximum atomic E-state index is 10.5. The van der Waals surface area contributed by atoms with Crippen LogP contribution in [0.2, 0.25) is 0 Å². The topological polar surface area (TPSA) is 79.5 Å². The Morgan fingerprint density at radius 3 is 1.86 bits per heavy atom. The first-order valence-corrected chi connectivity index (χ1v) is 16.5. The molecule has 0 spiro atoms. The molecule has 1 aliphatic carbocycles. The highest BCUT2D eigenvalue weighted by Gasteiger charge is 2.39. The molecule has 2 heterocycles. The molecule has 0 bridgehead atoms. The zero-order valence-electron chi connectivity index (χ0n) is 26.8. The smallest absolute Gasteiger partial charge is 0.101 e. The number of nitriles is 3. The van der Waals surface area contributed by atoms with E-state index in [1.54, 1.807) is 0 Å². The monoisotopic (exact) mass is 637 g/mol. The lowest BCUT2D eigenvalue weighted by Gasteiger charge is -2.31. The quantitative estimate of drug-likeness (QED) is 0.192. The summed E-state index contributed by atoms with van der Waals surface area (Å²) in [5.41, 5.74) is 11.5. The second-order valence-electron chi connectivity index (χ2n) is 12.6. The van der Waals surface area contributed by atoms with E-state index in [-0.39, 0.29) is 12.0 Å². The van der Waals surface area contributed by atoms with E-state index < -0.39 is 0 Å². The van der Waals surface area contributed by atoms with Gasteiger partial charge >= 0.3 is 0 Å². The predicted molar refractivity (Wildman–Crippen MR) is 199 cm³/mol. The maximum absolute atomic E-state index is 10.5. The molecule has 50 heavy (non-hydrogen) atoms. The molecule has 0 N–H and O–H groups in total. The Bertz CT molecular complexity index is 2670. The van der Waals surface area contributed by atoms with Crippen molar-refractivity contribution in [2.24, 2.45) is 0 Å². The summed E-state index contributed by atoms with van der Waals surface area (Å²) >= 11 is 0. The van der Waals surface area contributed by atoms with Crippen LogP contribution in [0.4, 0.5) is 11.4 Å². The molecule has 6 aromatic carbocycles. The van der Waals surface area contributed by atoms with Crippen molar-refractivity contribution in [2.75, 3.05) is 4.90 Å². The van der Waals surface area contributed by atoms with Crippen molar-refractivity contribution < 1.29 is 0 Å². The molecule has 0 radical (unpaired) electrons. The van der Waals surface area contributed by atoms with Gasteiger partial charge in [0.2, 0.25) is 0 Å². The summed E-state index contributed by atoms with van der Waals surface area (Å²) in [4.78, 5) is 2.33. The van der Waals surface area contributed by atoms with Gasteiger partial charge in [-0.15, -0.1) is 0 Å². The molecule has 1 aromatic heterocycles. The molecular formula is C45H27N5. The molecule has 1 aliphatic heterocycles. The van der Waals surface area contributed by atoms with Crippen molar-refractivity contribution in [3.05, 3.63) is 174 Å². The van der Waals surface area contributed by atoms with E-state index in [0.717, 1.165) is 61.1 Å². The van der Waals surface area contributed by atoms with Gasteiger partial charge < -0.3 is 9.47 Å². The lowest BCUT2D eigenvalue weighted by atomic mass is 9.88. The summed E-state index contributed by atoms with van der Waals surface area (Å²) in [6.45, 7) is 0. The molecule has 2 atom stereocenters. The molecular weight excluding hydrogens is 611 g/mol. The van der Waals surface area contributed by atoms with E-state index in [1.165, 1.54) is 5.56 Å². The first kappa shape index (κ1) is 29.0. The molecule has 0 saturated carbocycles. The second-order valence-corrected chi connectivity index (χ2v) is 12.6. The number of allylic oxidation sites excluding steroid dienone is 2. The number of hydrogen-bond acceptors (Lipinski definition) is 4. The van der Waals surface area contributed by atoms with Crippen LogP contribution in [-0.4, -0.2) is 10.6 Å². The highest BCUT2D eigenvalue weighted by atomic mass is 15.2. The van der Waals surface area contributed by atoms with Gasteiger partial charge in [0.05, 0.1) is 46.0 Å². The fourth-order valence-electron chi connectivity index (χ4n) is 7.85. The van der Waals surface area contributed by atoms with Gasteiger partial charge in [0.25, 0.3) is 0 Å². The fourth-order valence-corrected chi connectivity index (χ4v) is 7.85. The van der Waals surface area contributed by atoms with Gasteiger partial charge in [0.1, 0.15) is 6.07 Å². The Balaban J connectivity index is 1.13. The summed E-state index contributed by atoms with van der Waals surface area (Å²) in [5, 5.41) is 32.8. The average Bonchev–Trinajstić information content (AvgIpc) is 3.70. The first-order chi connectivity index (χ1) is 24.7. The SMILES string of the molecule is N#CC1=CC2c3ccccc3N(c3ccccc3-c3ccc(-c4ccc(-n5c6ccccc6c6ccccc65)c(C#N)c4)cc3C#N)C2C=C1. The van der Waals surface area contributed by atoms with Crippen LogP contribution in [0.1, 0.15) is 22.6 Å². The number of para-hydroxylation sites is 4. The van der Waals surface area contributed by atoms with Crippen LogP contribution in [0.25, 0.3) is 49.7 Å². The number of benzene rings is 6. The van der Waals surface area contributed by atoms with Crippen molar-refractivity contribution >= 4 is 33.2 Å². The minimum atomic E-state index is 0.00733. The van der Waals surface area contributed by atoms with E-state index in [4.69, 9.17) is 0 Å². The molecule has 0 fully saturated rings. The third kappa shape index (κ3) is 4.37. The van der Waals surface area contributed by atoms with Crippen LogP contribution in [-0.2, 0) is 0 Å². The molecule has 0 amide bonds. The number of aromatic nitrogens is 1. The minimum absolute atomic E-state index is 0.00733. The molecule has 7 aromatic rings. The average molecular weight is 638 g/mol. The Morgan fingerprint density at radius 2 is 1.14 bits per heavy atom. The summed E-state index contributed by atoms with van der Waals surface area (Å²) in [7, 11) is 0. The van der Waals surface area contributed by atoms with Crippen LogP contribution in [0.5, 0.6) is 0 Å². The maximum Gasteiger partial charge on any atom is 0.101 e. The lowest BCUT2D eigenvalue weighted by Crippen LogP contribution is -2.29. The zero-order valence-corrected chi connectivity index (χ0v) is 26.8. The molecule has 9 rings (SSSR count). The van der Waals surface area contributed by atoms with Crippen LogP contribution in [0, 0.1) is 34.0 Å². The Kier molecular flexibility index (Phi) is 6.70. The molecule has 2 aliphatic rings. The van der Waals surface area contributed by atoms with E-state index in [1.807, 2.05) is 91.0 Å². The van der Waals surface area contributed by atoms with Gasteiger partial charge in [-0.25, -0.2) is 0 Å². The van der Waals surface area contributed by atoms with Crippen molar-refractivity contribution in [1.82, 2.24) is 4.57 Å². The second kappa shape index (κ2) is 11.5. The van der Waals surface area contributed by atoms with Crippen molar-refractivity contribution in [1.29, 1.82) is 15.8 Å². The molecule has 5 nitrogen and oxygen atoms in total. The highest BCUT2D eigenvalue weighted by molar-refractivity contribution is 6.09. The Labute approximate surface area is 289 Å². The van der Waals surface area contributed by atoms with Gasteiger partial charge in [0.15, 0.2) is 0 Å². The molecule has 2 unspecified atom stereocenters. The fraction of sp³-hybridized carbons (Fsp3) is 0.0444. The van der Waals surface area contributed by atoms with Gasteiger partial charge in [-0.1, -0.05) is 103 Å². The Morgan fingerprint density at radius 1 is 0.520 bits per heavy atom. The molecule has 0 saturated heterocycles. The summed E-state index contributed by atoms with van der Waals surface area (Å²) < 4.78 is 2.16. The Hall–Kier alpha value is -7.13. The lowest BCUT2D eigenvalue weighted by molar-refractivity contribution is 0.742. The van der Waals surface area contributed by atoms with E-state index in [0.29, 0.717) is 16.7 Å².